The molecule has 7 nitrogen and oxygen atoms in total. The molecule has 1 aliphatic carbocycles. The van der Waals surface area contributed by atoms with E-state index in [4.69, 9.17) is 9.84 Å². The second-order valence-electron chi connectivity index (χ2n) is 8.26. The van der Waals surface area contributed by atoms with Gasteiger partial charge in [-0.05, 0) is 75.9 Å². The summed E-state index contributed by atoms with van der Waals surface area (Å²) >= 11 is 2.05. The number of hydrogen-bond acceptors (Lipinski definition) is 4. The van der Waals surface area contributed by atoms with Gasteiger partial charge in [-0.2, -0.15) is 0 Å². The van der Waals surface area contributed by atoms with E-state index in [1.807, 2.05) is 46.9 Å². The zero-order chi connectivity index (χ0) is 24.8. The van der Waals surface area contributed by atoms with Crippen molar-refractivity contribution in [2.45, 2.75) is 25.2 Å². The van der Waals surface area contributed by atoms with E-state index in [0.717, 1.165) is 14.7 Å². The number of benzene rings is 3. The Morgan fingerprint density at radius 3 is 2.23 bits per heavy atom. The highest BCUT2D eigenvalue weighted by molar-refractivity contribution is 14.1. The van der Waals surface area contributed by atoms with Gasteiger partial charge in [-0.3, -0.25) is 4.79 Å². The minimum Gasteiger partial charge on any atom is -0.478 e. The summed E-state index contributed by atoms with van der Waals surface area (Å²) in [6, 6.07) is 20.9. The van der Waals surface area contributed by atoms with Crippen LogP contribution < -0.4 is 10.6 Å². The second-order valence-corrected chi connectivity index (χ2v) is 9.42. The third-order valence-corrected chi connectivity index (χ3v) is 6.87. The standard InChI is InChI=1S/C27H25IN2O5/c28-23-13-12-17(26(32)33)15-24(23)30-25(31)11-5-6-14-29-27(34)35-16-22-20-9-3-1-7-18(20)19-8-2-4-10-21(19)22/h1-4,7-10,12-13,15,22H,5-6,11,14,16H2,(H,29,34)(H,30,31)(H,32,33). The van der Waals surface area contributed by atoms with Crippen molar-refractivity contribution in [2.75, 3.05) is 18.5 Å². The Morgan fingerprint density at radius 1 is 0.914 bits per heavy atom. The summed E-state index contributed by atoms with van der Waals surface area (Å²) < 4.78 is 6.27. The van der Waals surface area contributed by atoms with Gasteiger partial charge in [0.2, 0.25) is 5.91 Å². The van der Waals surface area contributed by atoms with Crippen molar-refractivity contribution < 1.29 is 24.2 Å². The number of carbonyl (C=O) groups excluding carboxylic acids is 2. The molecule has 3 aromatic rings. The van der Waals surface area contributed by atoms with Crippen LogP contribution in [0.5, 0.6) is 0 Å². The fourth-order valence-corrected chi connectivity index (χ4v) is 4.69. The van der Waals surface area contributed by atoms with Crippen molar-refractivity contribution in [1.29, 1.82) is 0 Å². The van der Waals surface area contributed by atoms with E-state index in [9.17, 15) is 14.4 Å². The lowest BCUT2D eigenvalue weighted by molar-refractivity contribution is -0.116. The van der Waals surface area contributed by atoms with Gasteiger partial charge in [0.1, 0.15) is 6.61 Å². The summed E-state index contributed by atoms with van der Waals surface area (Å²) in [5, 5.41) is 14.6. The third-order valence-electron chi connectivity index (χ3n) is 5.93. The first-order chi connectivity index (χ1) is 16.9. The van der Waals surface area contributed by atoms with E-state index in [1.165, 1.54) is 23.3 Å². The molecule has 0 fully saturated rings. The number of hydrogen-bond donors (Lipinski definition) is 3. The summed E-state index contributed by atoms with van der Waals surface area (Å²) in [4.78, 5) is 35.6. The van der Waals surface area contributed by atoms with Gasteiger partial charge < -0.3 is 20.5 Å². The predicted octanol–water partition coefficient (Wildman–Crippen LogP) is 5.64. The quantitative estimate of drug-likeness (QED) is 0.223. The molecule has 0 radical (unpaired) electrons. The fraction of sp³-hybridized carbons (Fsp3) is 0.222. The highest BCUT2D eigenvalue weighted by atomic mass is 127. The fourth-order valence-electron chi connectivity index (χ4n) is 4.22. The highest BCUT2D eigenvalue weighted by Gasteiger charge is 2.28. The highest BCUT2D eigenvalue weighted by Crippen LogP contribution is 2.44. The molecule has 4 rings (SSSR count). The molecule has 0 aromatic heterocycles. The molecule has 0 aliphatic heterocycles. The molecule has 2 amide bonds. The maximum atomic E-state index is 12.2. The molecule has 0 spiro atoms. The Hall–Kier alpha value is -3.40. The number of rotatable bonds is 9. The monoisotopic (exact) mass is 584 g/mol. The Labute approximate surface area is 217 Å². The van der Waals surface area contributed by atoms with Gasteiger partial charge in [0.05, 0.1) is 11.3 Å². The van der Waals surface area contributed by atoms with Gasteiger partial charge in [-0.15, -0.1) is 0 Å². The molecule has 0 saturated carbocycles. The molecule has 35 heavy (non-hydrogen) atoms. The van der Waals surface area contributed by atoms with Gasteiger partial charge in [0, 0.05) is 22.5 Å². The van der Waals surface area contributed by atoms with Gasteiger partial charge in [0.15, 0.2) is 0 Å². The molecule has 180 valence electrons. The predicted molar refractivity (Wildman–Crippen MR) is 142 cm³/mol. The molecule has 3 aromatic carbocycles. The van der Waals surface area contributed by atoms with Crippen LogP contribution in [0.4, 0.5) is 10.5 Å². The molecule has 0 saturated heterocycles. The number of fused-ring (bicyclic) bond motifs is 3. The molecular formula is C27H25IN2O5. The smallest absolute Gasteiger partial charge is 0.407 e. The number of unbranched alkanes of at least 4 members (excludes halogenated alkanes) is 1. The zero-order valence-corrected chi connectivity index (χ0v) is 21.1. The molecule has 0 bridgehead atoms. The lowest BCUT2D eigenvalue weighted by atomic mass is 9.98. The second kappa shape index (κ2) is 11.4. The average Bonchev–Trinajstić information content (AvgIpc) is 3.17. The van der Waals surface area contributed by atoms with E-state index in [-0.39, 0.29) is 30.4 Å². The zero-order valence-electron chi connectivity index (χ0n) is 18.9. The van der Waals surface area contributed by atoms with Crippen LogP contribution in [-0.2, 0) is 9.53 Å². The molecule has 0 heterocycles. The van der Waals surface area contributed by atoms with Crippen LogP contribution in [0.25, 0.3) is 11.1 Å². The number of aromatic carboxylic acids is 1. The summed E-state index contributed by atoms with van der Waals surface area (Å²) in [5.41, 5.74) is 5.28. The van der Waals surface area contributed by atoms with Crippen molar-refractivity contribution >= 4 is 46.2 Å². The SMILES string of the molecule is O=C(CCCCNC(=O)OCC1c2ccccc2-c2ccccc21)Nc1cc(C(=O)O)ccc1I. The van der Waals surface area contributed by atoms with Crippen molar-refractivity contribution in [2.24, 2.45) is 0 Å². The van der Waals surface area contributed by atoms with Crippen molar-refractivity contribution in [1.82, 2.24) is 5.32 Å². The minimum atomic E-state index is -1.05. The number of anilines is 1. The molecule has 8 heteroatoms. The van der Waals surface area contributed by atoms with Crippen LogP contribution in [-0.4, -0.2) is 36.2 Å². The maximum Gasteiger partial charge on any atom is 0.407 e. The normalized spacial score (nSPS) is 11.9. The first-order valence-electron chi connectivity index (χ1n) is 11.4. The van der Waals surface area contributed by atoms with E-state index < -0.39 is 12.1 Å². The largest absolute Gasteiger partial charge is 0.478 e. The van der Waals surface area contributed by atoms with E-state index in [1.54, 1.807) is 6.07 Å². The number of carboxylic acids is 1. The number of carbonyl (C=O) groups is 3. The van der Waals surface area contributed by atoms with Gasteiger partial charge in [-0.25, -0.2) is 9.59 Å². The van der Waals surface area contributed by atoms with Crippen molar-refractivity contribution in [3.63, 3.8) is 0 Å². The first-order valence-corrected chi connectivity index (χ1v) is 12.4. The Balaban J connectivity index is 1.18. The number of carboxylic acid groups (broad SMARTS) is 1. The van der Waals surface area contributed by atoms with Crippen LogP contribution in [0.15, 0.2) is 66.7 Å². The van der Waals surface area contributed by atoms with Gasteiger partial charge in [-0.1, -0.05) is 48.5 Å². The molecule has 0 atom stereocenters. The number of alkyl carbamates (subject to hydrolysis) is 1. The lowest BCUT2D eigenvalue weighted by Crippen LogP contribution is -2.27. The van der Waals surface area contributed by atoms with E-state index in [0.29, 0.717) is 25.1 Å². The minimum absolute atomic E-state index is 0.0132. The van der Waals surface area contributed by atoms with Crippen molar-refractivity contribution in [3.05, 3.63) is 87.0 Å². The maximum absolute atomic E-state index is 12.2. The third kappa shape index (κ3) is 6.00. The number of ether oxygens (including phenoxy) is 1. The number of nitrogens with one attached hydrogen (secondary N) is 2. The van der Waals surface area contributed by atoms with Crippen LogP contribution in [0, 0.1) is 3.57 Å². The van der Waals surface area contributed by atoms with E-state index >= 15 is 0 Å². The van der Waals surface area contributed by atoms with Crippen LogP contribution in [0.2, 0.25) is 0 Å². The number of halogens is 1. The Kier molecular flexibility index (Phi) is 8.02. The van der Waals surface area contributed by atoms with Crippen LogP contribution in [0.1, 0.15) is 46.7 Å². The Morgan fingerprint density at radius 2 is 1.57 bits per heavy atom. The topological polar surface area (TPSA) is 105 Å². The number of amides is 2. The lowest BCUT2D eigenvalue weighted by Gasteiger charge is -2.14. The van der Waals surface area contributed by atoms with Gasteiger partial charge in [0.25, 0.3) is 0 Å². The Bertz CT molecular complexity index is 1210. The van der Waals surface area contributed by atoms with Crippen LogP contribution >= 0.6 is 22.6 Å². The van der Waals surface area contributed by atoms with Crippen molar-refractivity contribution in [3.8, 4) is 11.1 Å². The summed E-state index contributed by atoms with van der Waals surface area (Å²) in [6.45, 7) is 0.659. The summed E-state index contributed by atoms with van der Waals surface area (Å²) in [7, 11) is 0. The summed E-state index contributed by atoms with van der Waals surface area (Å²) in [5.74, 6) is -1.23. The molecular weight excluding hydrogens is 559 g/mol. The van der Waals surface area contributed by atoms with E-state index in [2.05, 4.69) is 34.9 Å². The summed E-state index contributed by atoms with van der Waals surface area (Å²) in [6.07, 6.45) is 0.977. The van der Waals surface area contributed by atoms with Gasteiger partial charge >= 0.3 is 12.1 Å². The van der Waals surface area contributed by atoms with Crippen LogP contribution in [0.3, 0.4) is 0 Å². The average molecular weight is 584 g/mol. The first kappa shape index (κ1) is 24.7. The molecule has 1 aliphatic rings. The molecule has 3 N–H and O–H groups in total. The molecule has 0 unspecified atom stereocenters.